The smallest absolute Gasteiger partial charge is 0.317 e. The van der Waals surface area contributed by atoms with Crippen LogP contribution in [-0.2, 0) is 14.3 Å². The lowest BCUT2D eigenvalue weighted by Crippen LogP contribution is -2.33. The highest BCUT2D eigenvalue weighted by molar-refractivity contribution is 8.00. The van der Waals surface area contributed by atoms with Gasteiger partial charge < -0.3 is 10.1 Å². The van der Waals surface area contributed by atoms with Gasteiger partial charge in [-0.1, -0.05) is 42.1 Å². The van der Waals surface area contributed by atoms with E-state index in [0.717, 1.165) is 28.1 Å². The number of thioether (sulfide) groups is 1. The van der Waals surface area contributed by atoms with Crippen LogP contribution in [0.1, 0.15) is 24.5 Å². The molecule has 1 amide bonds. The van der Waals surface area contributed by atoms with Gasteiger partial charge >= 0.3 is 5.97 Å². The highest BCUT2D eigenvalue weighted by Gasteiger charge is 2.30. The average Bonchev–Trinajstić information content (AvgIpc) is 3.37. The molecule has 138 valence electrons. The Labute approximate surface area is 164 Å². The number of nitrogens with zero attached hydrogens (tertiary/aromatic N) is 2. The standard InChI is InChI=1S/C19H17N3O3S2/c23-15(10-27-19-14-8-9-26-18(14)20-11-21-19)25-16(12-4-2-1-3-5-12)17(24)22-13-6-7-13/h1-5,8-9,11,13,16H,6-7,10H2,(H,22,24)/t16-/m0/s1. The van der Waals surface area contributed by atoms with Crippen LogP contribution in [0.5, 0.6) is 0 Å². The van der Waals surface area contributed by atoms with Gasteiger partial charge in [-0.05, 0) is 24.3 Å². The summed E-state index contributed by atoms with van der Waals surface area (Å²) >= 11 is 2.81. The van der Waals surface area contributed by atoms with Gasteiger partial charge in [0.05, 0.1) is 5.75 Å². The molecule has 4 rings (SSSR count). The monoisotopic (exact) mass is 399 g/mol. The summed E-state index contributed by atoms with van der Waals surface area (Å²) in [6.45, 7) is 0. The lowest BCUT2D eigenvalue weighted by atomic mass is 10.1. The molecule has 1 aromatic carbocycles. The Kier molecular flexibility index (Phi) is 5.35. The third-order valence-corrected chi connectivity index (χ3v) is 5.86. The molecule has 6 nitrogen and oxygen atoms in total. The van der Waals surface area contributed by atoms with Gasteiger partial charge in [0, 0.05) is 17.0 Å². The largest absolute Gasteiger partial charge is 0.447 e. The van der Waals surface area contributed by atoms with Gasteiger partial charge in [-0.3, -0.25) is 9.59 Å². The summed E-state index contributed by atoms with van der Waals surface area (Å²) in [6.07, 6.45) is 2.50. The maximum Gasteiger partial charge on any atom is 0.317 e. The minimum absolute atomic E-state index is 0.0714. The molecule has 0 saturated heterocycles. The second-order valence-electron chi connectivity index (χ2n) is 6.17. The van der Waals surface area contributed by atoms with Crippen molar-refractivity contribution < 1.29 is 14.3 Å². The predicted octanol–water partition coefficient (Wildman–Crippen LogP) is 3.35. The van der Waals surface area contributed by atoms with E-state index in [4.69, 9.17) is 4.74 Å². The molecule has 27 heavy (non-hydrogen) atoms. The van der Waals surface area contributed by atoms with Crippen molar-refractivity contribution in [3.8, 4) is 0 Å². The number of benzene rings is 1. The summed E-state index contributed by atoms with van der Waals surface area (Å²) in [7, 11) is 0. The molecule has 0 aliphatic heterocycles. The van der Waals surface area contributed by atoms with Crippen LogP contribution in [0, 0.1) is 0 Å². The number of aromatic nitrogens is 2. The van der Waals surface area contributed by atoms with Gasteiger partial charge in [0.25, 0.3) is 5.91 Å². The molecule has 0 unspecified atom stereocenters. The fraction of sp³-hybridized carbons (Fsp3) is 0.263. The van der Waals surface area contributed by atoms with Gasteiger partial charge in [-0.25, -0.2) is 9.97 Å². The molecule has 1 saturated carbocycles. The molecule has 2 heterocycles. The minimum Gasteiger partial charge on any atom is -0.447 e. The summed E-state index contributed by atoms with van der Waals surface area (Å²) in [5, 5.41) is 6.51. The molecule has 0 radical (unpaired) electrons. The van der Waals surface area contributed by atoms with E-state index in [1.54, 1.807) is 12.1 Å². The number of hydrogen-bond donors (Lipinski definition) is 1. The molecular formula is C19H17N3O3S2. The van der Waals surface area contributed by atoms with Crippen molar-refractivity contribution in [2.24, 2.45) is 0 Å². The first-order valence-corrected chi connectivity index (χ1v) is 10.4. The van der Waals surface area contributed by atoms with Crippen LogP contribution in [0.15, 0.2) is 53.1 Å². The first kappa shape index (κ1) is 17.9. The number of amides is 1. The van der Waals surface area contributed by atoms with E-state index in [-0.39, 0.29) is 17.7 Å². The van der Waals surface area contributed by atoms with Crippen LogP contribution in [0.3, 0.4) is 0 Å². The molecule has 8 heteroatoms. The molecule has 1 aliphatic carbocycles. The summed E-state index contributed by atoms with van der Waals surface area (Å²) in [4.78, 5) is 34.3. The van der Waals surface area contributed by atoms with Crippen LogP contribution in [-0.4, -0.2) is 33.6 Å². The van der Waals surface area contributed by atoms with Crippen molar-refractivity contribution in [2.75, 3.05) is 5.75 Å². The van der Waals surface area contributed by atoms with E-state index >= 15 is 0 Å². The van der Waals surface area contributed by atoms with Crippen LogP contribution in [0.25, 0.3) is 10.2 Å². The van der Waals surface area contributed by atoms with E-state index in [1.165, 1.54) is 29.4 Å². The van der Waals surface area contributed by atoms with Gasteiger partial charge in [0.1, 0.15) is 16.2 Å². The number of esters is 1. The maximum atomic E-state index is 12.5. The molecule has 1 aliphatic rings. The van der Waals surface area contributed by atoms with E-state index in [1.807, 2.05) is 29.6 Å². The SMILES string of the molecule is O=C(CSc1ncnc2sccc12)O[C@H](C(=O)NC1CC1)c1ccccc1. The van der Waals surface area contributed by atoms with Crippen molar-refractivity contribution >= 4 is 45.2 Å². The fourth-order valence-electron chi connectivity index (χ4n) is 2.58. The molecule has 3 aromatic rings. The molecular weight excluding hydrogens is 382 g/mol. The fourth-order valence-corrected chi connectivity index (χ4v) is 4.14. The first-order valence-electron chi connectivity index (χ1n) is 8.56. The molecule has 2 aromatic heterocycles. The van der Waals surface area contributed by atoms with E-state index < -0.39 is 12.1 Å². The number of fused-ring (bicyclic) bond motifs is 1. The lowest BCUT2D eigenvalue weighted by molar-refractivity contribution is -0.154. The van der Waals surface area contributed by atoms with Crippen molar-refractivity contribution in [2.45, 2.75) is 30.0 Å². The van der Waals surface area contributed by atoms with E-state index in [2.05, 4.69) is 15.3 Å². The Hall–Kier alpha value is -2.45. The third kappa shape index (κ3) is 4.45. The first-order chi connectivity index (χ1) is 13.2. The number of rotatable bonds is 7. The number of ether oxygens (including phenoxy) is 1. The molecule has 1 atom stereocenters. The Morgan fingerprint density at radius 3 is 2.81 bits per heavy atom. The topological polar surface area (TPSA) is 81.2 Å². The molecule has 1 fully saturated rings. The molecule has 1 N–H and O–H groups in total. The van der Waals surface area contributed by atoms with Crippen molar-refractivity contribution in [1.29, 1.82) is 0 Å². The summed E-state index contributed by atoms with van der Waals surface area (Å²) in [5.41, 5.74) is 0.663. The number of hydrogen-bond acceptors (Lipinski definition) is 7. The van der Waals surface area contributed by atoms with Crippen molar-refractivity contribution in [3.63, 3.8) is 0 Å². The number of carbonyl (C=O) groups excluding carboxylic acids is 2. The van der Waals surface area contributed by atoms with Gasteiger partial charge in [0.2, 0.25) is 6.10 Å². The summed E-state index contributed by atoms with van der Waals surface area (Å²) in [5.74, 6) is -0.659. The van der Waals surface area contributed by atoms with E-state index in [9.17, 15) is 9.59 Å². The Balaban J connectivity index is 1.43. The van der Waals surface area contributed by atoms with Crippen LogP contribution < -0.4 is 5.32 Å². The number of carbonyl (C=O) groups is 2. The summed E-state index contributed by atoms with van der Waals surface area (Å²) < 4.78 is 5.53. The summed E-state index contributed by atoms with van der Waals surface area (Å²) in [6, 6.07) is 11.2. The minimum atomic E-state index is -0.938. The molecule has 0 spiro atoms. The third-order valence-electron chi connectivity index (χ3n) is 4.07. The van der Waals surface area contributed by atoms with Gasteiger partial charge in [-0.2, -0.15) is 0 Å². The Morgan fingerprint density at radius 1 is 1.22 bits per heavy atom. The van der Waals surface area contributed by atoms with Gasteiger partial charge in [-0.15, -0.1) is 11.3 Å². The second kappa shape index (κ2) is 8.06. The normalized spacial score (nSPS) is 14.7. The Morgan fingerprint density at radius 2 is 2.04 bits per heavy atom. The van der Waals surface area contributed by atoms with Crippen LogP contribution in [0.4, 0.5) is 0 Å². The quantitative estimate of drug-likeness (QED) is 0.373. The second-order valence-corrected chi connectivity index (χ2v) is 8.03. The maximum absolute atomic E-state index is 12.5. The number of thiophene rings is 1. The highest BCUT2D eigenvalue weighted by atomic mass is 32.2. The average molecular weight is 399 g/mol. The predicted molar refractivity (Wildman–Crippen MR) is 105 cm³/mol. The zero-order valence-corrected chi connectivity index (χ0v) is 16.0. The van der Waals surface area contributed by atoms with Crippen LogP contribution in [0.2, 0.25) is 0 Å². The van der Waals surface area contributed by atoms with Crippen molar-refractivity contribution in [1.82, 2.24) is 15.3 Å². The number of nitrogens with one attached hydrogen (secondary N) is 1. The van der Waals surface area contributed by atoms with Crippen LogP contribution >= 0.6 is 23.1 Å². The molecule has 0 bridgehead atoms. The zero-order valence-electron chi connectivity index (χ0n) is 14.3. The Bertz CT molecular complexity index is 957. The highest BCUT2D eigenvalue weighted by Crippen LogP contribution is 2.28. The zero-order chi connectivity index (χ0) is 18.6. The van der Waals surface area contributed by atoms with Crippen molar-refractivity contribution in [3.05, 3.63) is 53.7 Å². The van der Waals surface area contributed by atoms with Gasteiger partial charge in [0.15, 0.2) is 0 Å². The lowest BCUT2D eigenvalue weighted by Gasteiger charge is -2.18. The van der Waals surface area contributed by atoms with E-state index in [0.29, 0.717) is 5.56 Å².